The molecule has 0 bridgehead atoms. The summed E-state index contributed by atoms with van der Waals surface area (Å²) in [6, 6.07) is 10.2. The lowest BCUT2D eigenvalue weighted by atomic mass is 10.1. The molecule has 1 aromatic heterocycles. The van der Waals surface area contributed by atoms with Crippen LogP contribution in [0.4, 0.5) is 5.13 Å². The lowest BCUT2D eigenvalue weighted by Crippen LogP contribution is -2.33. The Labute approximate surface area is 218 Å². The summed E-state index contributed by atoms with van der Waals surface area (Å²) in [6.45, 7) is 13.0. The van der Waals surface area contributed by atoms with Crippen LogP contribution in [0, 0.1) is 13.8 Å². The zero-order chi connectivity index (χ0) is 26.5. The molecule has 0 aliphatic carbocycles. The number of amides is 1. The Morgan fingerprint density at radius 1 is 1.00 bits per heavy atom. The summed E-state index contributed by atoms with van der Waals surface area (Å²) in [5.74, 6) is -0.208. The molecule has 0 unspecified atom stereocenters. The monoisotopic (exact) mass is 526 g/mol. The third-order valence-corrected chi connectivity index (χ3v) is 8.83. The van der Waals surface area contributed by atoms with Crippen molar-refractivity contribution in [1.82, 2.24) is 14.2 Å². The summed E-state index contributed by atoms with van der Waals surface area (Å²) < 4.78 is 28.4. The van der Waals surface area contributed by atoms with Gasteiger partial charge in [0.25, 0.3) is 5.91 Å². The van der Waals surface area contributed by atoms with Crippen LogP contribution in [-0.4, -0.2) is 68.8 Å². The molecule has 0 spiro atoms. The standard InChI is InChI=1S/C27H34N4O3S2/c1-7-16-30(17-8-2)36(33,34)23-13-11-22(12-14-23)26(32)31(19-9-18-29(5)6)27-28-25-21(4)20(3)10-15-24(25)35-27/h7-8,10-15H,1-2,9,16-19H2,3-6H3. The van der Waals surface area contributed by atoms with Gasteiger partial charge in [-0.2, -0.15) is 4.31 Å². The molecule has 0 saturated heterocycles. The van der Waals surface area contributed by atoms with Crippen molar-refractivity contribution < 1.29 is 13.2 Å². The number of fused-ring (bicyclic) bond motifs is 1. The third-order valence-electron chi connectivity index (χ3n) is 5.94. The van der Waals surface area contributed by atoms with E-state index in [1.807, 2.05) is 27.1 Å². The van der Waals surface area contributed by atoms with Crippen LogP contribution >= 0.6 is 11.3 Å². The average molecular weight is 527 g/mol. The molecule has 0 atom stereocenters. The Bertz CT molecular complexity index is 1340. The minimum Gasteiger partial charge on any atom is -0.309 e. The first-order valence-corrected chi connectivity index (χ1v) is 14.0. The lowest BCUT2D eigenvalue weighted by Gasteiger charge is -2.22. The van der Waals surface area contributed by atoms with Gasteiger partial charge in [0.05, 0.1) is 15.1 Å². The second kappa shape index (κ2) is 11.9. The van der Waals surface area contributed by atoms with Gasteiger partial charge < -0.3 is 4.90 Å². The van der Waals surface area contributed by atoms with E-state index in [9.17, 15) is 13.2 Å². The van der Waals surface area contributed by atoms with Crippen molar-refractivity contribution in [3.05, 3.63) is 78.4 Å². The van der Waals surface area contributed by atoms with Gasteiger partial charge in [-0.15, -0.1) is 13.2 Å². The van der Waals surface area contributed by atoms with Crippen molar-refractivity contribution >= 4 is 42.6 Å². The van der Waals surface area contributed by atoms with E-state index in [1.165, 1.54) is 39.9 Å². The molecule has 0 fully saturated rings. The first kappa shape index (κ1) is 27.7. The van der Waals surface area contributed by atoms with Gasteiger partial charge in [0.1, 0.15) is 0 Å². The quantitative estimate of drug-likeness (QED) is 0.315. The lowest BCUT2D eigenvalue weighted by molar-refractivity contribution is 0.0986. The van der Waals surface area contributed by atoms with Gasteiger partial charge in [0, 0.05) is 25.2 Å². The normalized spacial score (nSPS) is 11.8. The number of aryl methyl sites for hydroxylation is 2. The van der Waals surface area contributed by atoms with Crippen molar-refractivity contribution in [1.29, 1.82) is 0 Å². The zero-order valence-corrected chi connectivity index (χ0v) is 23.0. The molecule has 1 amide bonds. The van der Waals surface area contributed by atoms with Gasteiger partial charge in [-0.3, -0.25) is 9.69 Å². The highest BCUT2D eigenvalue weighted by Crippen LogP contribution is 2.33. The molecule has 192 valence electrons. The molecule has 3 rings (SSSR count). The number of thiazole rings is 1. The largest absolute Gasteiger partial charge is 0.309 e. The highest BCUT2D eigenvalue weighted by molar-refractivity contribution is 7.89. The molecule has 2 aromatic carbocycles. The Morgan fingerprint density at radius 2 is 1.64 bits per heavy atom. The number of anilines is 1. The second-order valence-electron chi connectivity index (χ2n) is 8.89. The minimum atomic E-state index is -3.74. The van der Waals surface area contributed by atoms with E-state index in [-0.39, 0.29) is 23.9 Å². The van der Waals surface area contributed by atoms with Crippen LogP contribution in [0.25, 0.3) is 10.2 Å². The van der Waals surface area contributed by atoms with E-state index >= 15 is 0 Å². The molecule has 0 saturated carbocycles. The summed E-state index contributed by atoms with van der Waals surface area (Å²) in [4.78, 5) is 22.4. The Balaban J connectivity index is 1.94. The fraction of sp³-hybridized carbons (Fsp3) is 0.333. The van der Waals surface area contributed by atoms with Gasteiger partial charge in [0.15, 0.2) is 5.13 Å². The van der Waals surface area contributed by atoms with Crippen molar-refractivity contribution in [3.63, 3.8) is 0 Å². The van der Waals surface area contributed by atoms with Gasteiger partial charge in [-0.1, -0.05) is 29.6 Å². The highest BCUT2D eigenvalue weighted by Gasteiger charge is 2.25. The van der Waals surface area contributed by atoms with Crippen LogP contribution < -0.4 is 4.90 Å². The molecule has 3 aromatic rings. The zero-order valence-electron chi connectivity index (χ0n) is 21.4. The number of rotatable bonds is 12. The molecule has 0 aliphatic heterocycles. The number of benzene rings is 2. The van der Waals surface area contributed by atoms with Crippen LogP contribution in [0.3, 0.4) is 0 Å². The summed E-state index contributed by atoms with van der Waals surface area (Å²) in [6.07, 6.45) is 3.84. The van der Waals surface area contributed by atoms with E-state index in [4.69, 9.17) is 4.98 Å². The topological polar surface area (TPSA) is 73.8 Å². The highest BCUT2D eigenvalue weighted by atomic mass is 32.2. The Hall–Kier alpha value is -2.85. The number of aromatic nitrogens is 1. The SMILES string of the molecule is C=CCN(CC=C)S(=O)(=O)c1ccc(C(=O)N(CCCN(C)C)c2nc3c(C)c(C)ccc3s2)cc1. The van der Waals surface area contributed by atoms with Crippen LogP contribution in [0.15, 0.2) is 66.6 Å². The van der Waals surface area contributed by atoms with Crippen LogP contribution in [0.2, 0.25) is 0 Å². The summed E-state index contributed by atoms with van der Waals surface area (Å²) in [7, 11) is 0.254. The first-order valence-electron chi connectivity index (χ1n) is 11.8. The van der Waals surface area contributed by atoms with E-state index in [1.54, 1.807) is 17.0 Å². The van der Waals surface area contributed by atoms with Gasteiger partial charge in [0.2, 0.25) is 10.0 Å². The first-order chi connectivity index (χ1) is 17.1. The second-order valence-corrected chi connectivity index (χ2v) is 11.8. The molecular formula is C27H34N4O3S2. The number of carbonyl (C=O) groups excluding carboxylic acids is 1. The molecular weight excluding hydrogens is 492 g/mol. The maximum absolute atomic E-state index is 13.6. The van der Waals surface area contributed by atoms with E-state index < -0.39 is 10.0 Å². The number of hydrogen-bond donors (Lipinski definition) is 0. The fourth-order valence-corrected chi connectivity index (χ4v) is 6.22. The number of sulfonamides is 1. The molecule has 0 aliphatic rings. The van der Waals surface area contributed by atoms with E-state index in [0.29, 0.717) is 17.2 Å². The van der Waals surface area contributed by atoms with Gasteiger partial charge >= 0.3 is 0 Å². The molecule has 0 N–H and O–H groups in total. The van der Waals surface area contributed by atoms with Crippen molar-refractivity contribution in [2.45, 2.75) is 25.2 Å². The minimum absolute atomic E-state index is 0.119. The predicted molar refractivity (Wildman–Crippen MR) is 150 cm³/mol. The van der Waals surface area contributed by atoms with Gasteiger partial charge in [-0.05, 0) is 82.4 Å². The third kappa shape index (κ3) is 6.10. The molecule has 9 heteroatoms. The number of hydrogen-bond acceptors (Lipinski definition) is 6. The van der Waals surface area contributed by atoms with Gasteiger partial charge in [-0.25, -0.2) is 13.4 Å². The maximum Gasteiger partial charge on any atom is 0.260 e. The molecule has 1 heterocycles. The van der Waals surface area contributed by atoms with Crippen molar-refractivity contribution in [3.8, 4) is 0 Å². The summed E-state index contributed by atoms with van der Waals surface area (Å²) in [5, 5.41) is 0.641. The Kier molecular flexibility index (Phi) is 9.19. The number of nitrogens with zero attached hydrogens (tertiary/aromatic N) is 4. The molecule has 7 nitrogen and oxygen atoms in total. The van der Waals surface area contributed by atoms with E-state index in [0.717, 1.165) is 34.3 Å². The average Bonchev–Trinajstić information content (AvgIpc) is 3.28. The fourth-order valence-electron chi connectivity index (χ4n) is 3.79. The maximum atomic E-state index is 13.6. The predicted octanol–water partition coefficient (Wildman–Crippen LogP) is 4.87. The summed E-state index contributed by atoms with van der Waals surface area (Å²) in [5.41, 5.74) is 3.58. The summed E-state index contributed by atoms with van der Waals surface area (Å²) >= 11 is 1.49. The van der Waals surface area contributed by atoms with E-state index in [2.05, 4.69) is 31.0 Å². The van der Waals surface area contributed by atoms with Crippen LogP contribution in [-0.2, 0) is 10.0 Å². The molecule has 36 heavy (non-hydrogen) atoms. The van der Waals surface area contributed by atoms with Crippen molar-refractivity contribution in [2.24, 2.45) is 0 Å². The van der Waals surface area contributed by atoms with Crippen LogP contribution in [0.1, 0.15) is 27.9 Å². The Morgan fingerprint density at radius 3 is 2.22 bits per heavy atom. The molecule has 0 radical (unpaired) electrons. The smallest absolute Gasteiger partial charge is 0.260 e. The number of carbonyl (C=O) groups is 1. The van der Waals surface area contributed by atoms with Crippen LogP contribution in [0.5, 0.6) is 0 Å². The van der Waals surface area contributed by atoms with Crippen molar-refractivity contribution in [2.75, 3.05) is 45.2 Å².